The lowest BCUT2D eigenvalue weighted by Crippen LogP contribution is -2.47. The van der Waals surface area contributed by atoms with E-state index in [1.165, 1.54) is 27.1 Å². The van der Waals surface area contributed by atoms with Crippen LogP contribution in [0.1, 0.15) is 47.3 Å². The van der Waals surface area contributed by atoms with E-state index in [0.29, 0.717) is 36.7 Å². The highest BCUT2D eigenvalue weighted by molar-refractivity contribution is 5.84. The van der Waals surface area contributed by atoms with Gasteiger partial charge in [-0.2, -0.15) is 0 Å². The van der Waals surface area contributed by atoms with E-state index in [0.717, 1.165) is 0 Å². The number of carbonyl (C=O) groups excluding carboxylic acids is 3. The van der Waals surface area contributed by atoms with E-state index in [4.69, 9.17) is 29.4 Å². The molecule has 2 aliphatic heterocycles. The van der Waals surface area contributed by atoms with Crippen LogP contribution in [0.5, 0.6) is 0 Å². The highest BCUT2D eigenvalue weighted by Gasteiger charge is 2.56. The van der Waals surface area contributed by atoms with E-state index in [-0.39, 0.29) is 17.8 Å². The maximum atomic E-state index is 12.2. The van der Waals surface area contributed by atoms with Gasteiger partial charge in [-0.25, -0.2) is 15.0 Å². The van der Waals surface area contributed by atoms with Crippen LogP contribution in [0.4, 0.5) is 11.8 Å². The van der Waals surface area contributed by atoms with Crippen LogP contribution in [0.2, 0.25) is 0 Å². The molecule has 2 aromatic rings. The number of hydrogen-bond donors (Lipinski definition) is 2. The number of nitrogen functional groups attached to an aromatic ring is 1. The van der Waals surface area contributed by atoms with Crippen molar-refractivity contribution in [3.8, 4) is 0 Å². The predicted octanol–water partition coefficient (Wildman–Crippen LogP) is 0.958. The summed E-state index contributed by atoms with van der Waals surface area (Å²) in [6.45, 7) is 8.40. The molecule has 0 spiro atoms. The van der Waals surface area contributed by atoms with Crippen LogP contribution in [0.15, 0.2) is 6.33 Å². The number of anilines is 2. The summed E-state index contributed by atoms with van der Waals surface area (Å²) in [6, 6.07) is -0.0529. The van der Waals surface area contributed by atoms with Gasteiger partial charge in [0.1, 0.15) is 18.5 Å². The quantitative estimate of drug-likeness (QED) is 0.371. The van der Waals surface area contributed by atoms with Crippen molar-refractivity contribution in [3.05, 3.63) is 6.33 Å². The molecule has 3 N–H and O–H groups in total. The lowest BCUT2D eigenvalue weighted by atomic mass is 9.93. The minimum absolute atomic E-state index is 0.0529. The molecule has 4 heterocycles. The van der Waals surface area contributed by atoms with Crippen molar-refractivity contribution in [2.75, 3.05) is 24.3 Å². The Labute approximate surface area is 213 Å². The van der Waals surface area contributed by atoms with E-state index in [2.05, 4.69) is 20.3 Å². The molecule has 0 radical (unpaired) electrons. The third-order valence-corrected chi connectivity index (χ3v) is 6.06. The first kappa shape index (κ1) is 26.5. The summed E-state index contributed by atoms with van der Waals surface area (Å²) in [4.78, 5) is 49.4. The Morgan fingerprint density at radius 2 is 1.81 bits per heavy atom. The third-order valence-electron chi connectivity index (χ3n) is 6.06. The molecule has 0 aromatic carbocycles. The van der Waals surface area contributed by atoms with Gasteiger partial charge in [-0.15, -0.1) is 0 Å². The number of hydrogen-bond acceptors (Lipinski definition) is 13. The van der Waals surface area contributed by atoms with Crippen molar-refractivity contribution in [1.82, 2.24) is 19.5 Å². The van der Waals surface area contributed by atoms with Gasteiger partial charge in [0.25, 0.3) is 0 Å². The molecule has 6 atom stereocenters. The Balaban J connectivity index is 1.87. The van der Waals surface area contributed by atoms with Gasteiger partial charge >= 0.3 is 17.9 Å². The normalized spacial score (nSPS) is 26.3. The molecular weight excluding hydrogens is 488 g/mol. The summed E-state index contributed by atoms with van der Waals surface area (Å²) in [5, 5.41) is 3.22. The zero-order valence-corrected chi connectivity index (χ0v) is 21.4. The maximum Gasteiger partial charge on any atom is 0.303 e. The molecular formula is C23H32N6O8. The van der Waals surface area contributed by atoms with E-state index < -0.39 is 48.6 Å². The fraction of sp³-hybridized carbons (Fsp3) is 0.652. The van der Waals surface area contributed by atoms with Gasteiger partial charge in [0.2, 0.25) is 5.95 Å². The third kappa shape index (κ3) is 5.59. The summed E-state index contributed by atoms with van der Waals surface area (Å²) in [5.41, 5.74) is 6.69. The number of esters is 3. The molecule has 2 fully saturated rings. The Morgan fingerprint density at radius 3 is 2.41 bits per heavy atom. The second kappa shape index (κ2) is 10.8. The van der Waals surface area contributed by atoms with Crippen LogP contribution in [-0.4, -0.2) is 81.1 Å². The fourth-order valence-electron chi connectivity index (χ4n) is 4.74. The van der Waals surface area contributed by atoms with E-state index in [1.807, 2.05) is 13.8 Å². The molecule has 2 saturated heterocycles. The van der Waals surface area contributed by atoms with E-state index in [9.17, 15) is 14.4 Å². The summed E-state index contributed by atoms with van der Waals surface area (Å²) in [5.74, 6) is -1.54. The number of nitrogens with one attached hydrogen (secondary N) is 1. The Morgan fingerprint density at radius 1 is 1.11 bits per heavy atom. The molecule has 0 amide bonds. The van der Waals surface area contributed by atoms with Crippen LogP contribution >= 0.6 is 0 Å². The second-order valence-electron chi connectivity index (χ2n) is 9.37. The number of fused-ring (bicyclic) bond motifs is 1. The summed E-state index contributed by atoms with van der Waals surface area (Å²) >= 11 is 0. The summed E-state index contributed by atoms with van der Waals surface area (Å²) in [7, 11) is 0. The van der Waals surface area contributed by atoms with Crippen LogP contribution in [-0.2, 0) is 38.1 Å². The Kier molecular flexibility index (Phi) is 7.78. The zero-order valence-electron chi connectivity index (χ0n) is 21.4. The molecule has 37 heavy (non-hydrogen) atoms. The van der Waals surface area contributed by atoms with Gasteiger partial charge < -0.3 is 34.7 Å². The number of nitrogens with two attached hydrogens (primary N) is 1. The highest BCUT2D eigenvalue weighted by atomic mass is 16.7. The van der Waals surface area contributed by atoms with Crippen molar-refractivity contribution in [2.24, 2.45) is 5.92 Å². The first-order chi connectivity index (χ1) is 17.6. The van der Waals surface area contributed by atoms with Crippen molar-refractivity contribution in [1.29, 1.82) is 0 Å². The number of rotatable bonds is 8. The standard InChI is InChI=1S/C23H32N6O8/c1-10(2)27-23-28-15-20(24)25-9-26-21(15)29(23)22-19(36-13(5)32)18(35-12(4)31)17(37-22)16(34-11(3)30)14-6-7-33-8-14/h9-10,14,16-19,22H,6-8H2,1-5H3,(H,27,28)(H2,24,25,26)/t14-,16?,17-,18-,19-,22-/m1/s1. The topological polar surface area (TPSA) is 179 Å². The molecule has 14 heteroatoms. The van der Waals surface area contributed by atoms with Crippen LogP contribution in [0.25, 0.3) is 11.2 Å². The van der Waals surface area contributed by atoms with Gasteiger partial charge in [-0.05, 0) is 20.3 Å². The van der Waals surface area contributed by atoms with Crippen molar-refractivity contribution in [3.63, 3.8) is 0 Å². The van der Waals surface area contributed by atoms with Gasteiger partial charge in [-0.3, -0.25) is 19.0 Å². The lowest BCUT2D eigenvalue weighted by molar-refractivity contribution is -0.174. The molecule has 202 valence electrons. The molecule has 0 bridgehead atoms. The molecule has 2 aromatic heterocycles. The van der Waals surface area contributed by atoms with Crippen LogP contribution < -0.4 is 11.1 Å². The lowest BCUT2D eigenvalue weighted by Gasteiger charge is -2.30. The predicted molar refractivity (Wildman–Crippen MR) is 128 cm³/mol. The van der Waals surface area contributed by atoms with Crippen molar-refractivity contribution < 1.29 is 38.1 Å². The van der Waals surface area contributed by atoms with E-state index >= 15 is 0 Å². The minimum atomic E-state index is -1.13. The van der Waals surface area contributed by atoms with Gasteiger partial charge in [0.05, 0.1) is 6.61 Å². The monoisotopic (exact) mass is 520 g/mol. The fourth-order valence-corrected chi connectivity index (χ4v) is 4.74. The average molecular weight is 521 g/mol. The number of nitrogens with zero attached hydrogens (tertiary/aromatic N) is 4. The molecule has 4 rings (SSSR count). The minimum Gasteiger partial charge on any atom is -0.459 e. The summed E-state index contributed by atoms with van der Waals surface area (Å²) in [6.07, 6.45) is -3.26. The molecule has 1 unspecified atom stereocenters. The number of aromatic nitrogens is 4. The SMILES string of the molecule is CC(=O)OC([C@@H]1CCOC1)[C@H]1O[C@@H](n2c(NC(C)C)nc3c(N)ncnc32)[C@H](OC(C)=O)[C@@H]1OC(C)=O. The largest absolute Gasteiger partial charge is 0.459 e. The summed E-state index contributed by atoms with van der Waals surface area (Å²) < 4.78 is 30.6. The smallest absolute Gasteiger partial charge is 0.303 e. The second-order valence-corrected chi connectivity index (χ2v) is 9.37. The first-order valence-electron chi connectivity index (χ1n) is 12.1. The van der Waals surface area contributed by atoms with E-state index in [1.54, 1.807) is 4.57 Å². The molecule has 0 saturated carbocycles. The molecule has 14 nitrogen and oxygen atoms in total. The highest BCUT2D eigenvalue weighted by Crippen LogP contribution is 2.42. The first-order valence-corrected chi connectivity index (χ1v) is 12.1. The number of carbonyl (C=O) groups is 3. The van der Waals surface area contributed by atoms with Crippen molar-refractivity contribution in [2.45, 2.75) is 77.7 Å². The average Bonchev–Trinajstić information content (AvgIpc) is 3.51. The Hall–Kier alpha value is -3.52. The van der Waals surface area contributed by atoms with Gasteiger partial charge in [0, 0.05) is 39.3 Å². The van der Waals surface area contributed by atoms with Crippen LogP contribution in [0.3, 0.4) is 0 Å². The van der Waals surface area contributed by atoms with Gasteiger partial charge in [0.15, 0.2) is 35.4 Å². The van der Waals surface area contributed by atoms with Crippen molar-refractivity contribution >= 4 is 40.8 Å². The maximum absolute atomic E-state index is 12.2. The zero-order chi connectivity index (χ0) is 26.9. The number of ether oxygens (including phenoxy) is 5. The molecule has 2 aliphatic rings. The Bertz CT molecular complexity index is 1160. The molecule has 0 aliphatic carbocycles. The van der Waals surface area contributed by atoms with Crippen LogP contribution in [0, 0.1) is 5.92 Å². The number of imidazole rings is 1. The van der Waals surface area contributed by atoms with Gasteiger partial charge in [-0.1, -0.05) is 0 Å².